The van der Waals surface area contributed by atoms with Gasteiger partial charge in [-0.3, -0.25) is 0 Å². The molecule has 1 unspecified atom stereocenters. The van der Waals surface area contributed by atoms with Crippen molar-refractivity contribution in [2.24, 2.45) is 0 Å². The van der Waals surface area contributed by atoms with Crippen molar-refractivity contribution in [1.82, 2.24) is 0 Å². The number of carbonyl (C=O) groups is 1. The lowest BCUT2D eigenvalue weighted by molar-refractivity contribution is -0.151. The number of aliphatic hydroxyl groups is 1. The highest BCUT2D eigenvalue weighted by Gasteiger charge is 2.22. The van der Waals surface area contributed by atoms with E-state index in [0.29, 0.717) is 5.58 Å². The van der Waals surface area contributed by atoms with Gasteiger partial charge in [0.15, 0.2) is 0 Å². The first-order chi connectivity index (χ1) is 7.63. The van der Waals surface area contributed by atoms with Gasteiger partial charge >= 0.3 is 5.97 Å². The summed E-state index contributed by atoms with van der Waals surface area (Å²) in [6, 6.07) is 7.30. The smallest absolute Gasteiger partial charge is 0.342 e. The maximum atomic E-state index is 11.1. The van der Waals surface area contributed by atoms with Crippen LogP contribution in [-0.2, 0) is 9.53 Å². The zero-order valence-electron chi connectivity index (χ0n) is 9.06. The van der Waals surface area contributed by atoms with Gasteiger partial charge in [-0.25, -0.2) is 4.79 Å². The number of aryl methyl sites for hydroxylation is 1. The molecule has 2 aromatic rings. The highest BCUT2D eigenvalue weighted by Crippen LogP contribution is 2.26. The Morgan fingerprint density at radius 2 is 2.25 bits per heavy atom. The molecule has 1 N–H and O–H groups in total. The van der Waals surface area contributed by atoms with Crippen molar-refractivity contribution < 1.29 is 19.1 Å². The number of esters is 1. The van der Waals surface area contributed by atoms with Gasteiger partial charge in [0, 0.05) is 5.39 Å². The Kier molecular flexibility index (Phi) is 2.66. The van der Waals surface area contributed by atoms with Gasteiger partial charge in [0.25, 0.3) is 0 Å². The van der Waals surface area contributed by atoms with E-state index in [-0.39, 0.29) is 5.76 Å². The molecule has 0 saturated heterocycles. The number of para-hydroxylation sites is 1. The minimum absolute atomic E-state index is 0.205. The average Bonchev–Trinajstić information content (AvgIpc) is 2.72. The van der Waals surface area contributed by atoms with Gasteiger partial charge < -0.3 is 14.3 Å². The molecule has 0 aliphatic carbocycles. The fourth-order valence-electron chi connectivity index (χ4n) is 1.59. The molecule has 4 heteroatoms. The number of rotatable bonds is 2. The number of hydrogen-bond donors (Lipinski definition) is 1. The Morgan fingerprint density at radius 3 is 2.88 bits per heavy atom. The van der Waals surface area contributed by atoms with E-state index in [0.717, 1.165) is 10.9 Å². The lowest BCUT2D eigenvalue weighted by Crippen LogP contribution is -2.12. The topological polar surface area (TPSA) is 59.7 Å². The van der Waals surface area contributed by atoms with Crippen molar-refractivity contribution in [2.75, 3.05) is 7.11 Å². The molecule has 0 radical (unpaired) electrons. The van der Waals surface area contributed by atoms with E-state index in [1.807, 2.05) is 25.1 Å². The molecule has 1 heterocycles. The molecule has 16 heavy (non-hydrogen) atoms. The number of furan rings is 1. The summed E-state index contributed by atoms with van der Waals surface area (Å²) in [7, 11) is 1.22. The van der Waals surface area contributed by atoms with Crippen molar-refractivity contribution in [3.8, 4) is 0 Å². The highest BCUT2D eigenvalue weighted by atomic mass is 16.5. The predicted molar refractivity (Wildman–Crippen MR) is 57.9 cm³/mol. The molecule has 0 spiro atoms. The number of hydrogen-bond acceptors (Lipinski definition) is 4. The molecule has 84 valence electrons. The Bertz CT molecular complexity index is 527. The molecule has 0 aliphatic heterocycles. The average molecular weight is 220 g/mol. The molecule has 4 nitrogen and oxygen atoms in total. The van der Waals surface area contributed by atoms with Crippen LogP contribution in [0.2, 0.25) is 0 Å². The van der Waals surface area contributed by atoms with Crippen molar-refractivity contribution in [1.29, 1.82) is 0 Å². The summed E-state index contributed by atoms with van der Waals surface area (Å²) in [4.78, 5) is 11.1. The maximum absolute atomic E-state index is 11.1. The van der Waals surface area contributed by atoms with E-state index in [4.69, 9.17) is 4.42 Å². The summed E-state index contributed by atoms with van der Waals surface area (Å²) < 4.78 is 9.88. The number of ether oxygens (including phenoxy) is 1. The minimum atomic E-state index is -1.36. The lowest BCUT2D eigenvalue weighted by atomic mass is 10.1. The van der Waals surface area contributed by atoms with E-state index in [2.05, 4.69) is 4.74 Å². The predicted octanol–water partition coefficient (Wildman–Crippen LogP) is 1.95. The van der Waals surface area contributed by atoms with Gasteiger partial charge in [-0.1, -0.05) is 18.2 Å². The minimum Gasteiger partial charge on any atom is -0.467 e. The van der Waals surface area contributed by atoms with E-state index in [1.165, 1.54) is 7.11 Å². The molecular weight excluding hydrogens is 208 g/mol. The van der Waals surface area contributed by atoms with Crippen LogP contribution in [0.25, 0.3) is 11.0 Å². The number of carbonyl (C=O) groups excluding carboxylic acids is 1. The summed E-state index contributed by atoms with van der Waals surface area (Å²) >= 11 is 0. The van der Waals surface area contributed by atoms with Gasteiger partial charge in [0.2, 0.25) is 6.10 Å². The molecule has 0 bridgehead atoms. The van der Waals surface area contributed by atoms with Crippen LogP contribution < -0.4 is 0 Å². The number of aliphatic hydroxyl groups excluding tert-OH is 1. The van der Waals surface area contributed by atoms with E-state index < -0.39 is 12.1 Å². The number of benzene rings is 1. The van der Waals surface area contributed by atoms with E-state index in [1.54, 1.807) is 6.07 Å². The monoisotopic (exact) mass is 220 g/mol. The van der Waals surface area contributed by atoms with Crippen LogP contribution in [0.4, 0.5) is 0 Å². The molecule has 2 rings (SSSR count). The van der Waals surface area contributed by atoms with Gasteiger partial charge in [-0.05, 0) is 18.6 Å². The Hall–Kier alpha value is -1.81. The van der Waals surface area contributed by atoms with Crippen LogP contribution in [0, 0.1) is 6.92 Å². The molecule has 1 atom stereocenters. The maximum Gasteiger partial charge on any atom is 0.342 e. The molecule has 0 amide bonds. The first kappa shape index (κ1) is 10.7. The molecular formula is C12H12O4. The van der Waals surface area contributed by atoms with Crippen molar-refractivity contribution in [2.45, 2.75) is 13.0 Å². The molecule has 0 aliphatic rings. The van der Waals surface area contributed by atoms with Crippen molar-refractivity contribution in [3.05, 3.63) is 35.6 Å². The third-order valence-corrected chi connectivity index (χ3v) is 2.45. The van der Waals surface area contributed by atoms with E-state index in [9.17, 15) is 9.90 Å². The van der Waals surface area contributed by atoms with E-state index >= 15 is 0 Å². The van der Waals surface area contributed by atoms with Crippen molar-refractivity contribution in [3.63, 3.8) is 0 Å². The third-order valence-electron chi connectivity index (χ3n) is 2.45. The van der Waals surface area contributed by atoms with Gasteiger partial charge in [0.1, 0.15) is 11.3 Å². The second-order valence-corrected chi connectivity index (χ2v) is 3.57. The normalized spacial score (nSPS) is 12.7. The zero-order valence-corrected chi connectivity index (χ0v) is 9.06. The van der Waals surface area contributed by atoms with Crippen LogP contribution in [0.1, 0.15) is 17.4 Å². The van der Waals surface area contributed by atoms with Crippen LogP contribution in [0.3, 0.4) is 0 Å². The van der Waals surface area contributed by atoms with Crippen molar-refractivity contribution >= 4 is 16.9 Å². The fraction of sp³-hybridized carbons (Fsp3) is 0.250. The van der Waals surface area contributed by atoms with Gasteiger partial charge in [-0.15, -0.1) is 0 Å². The summed E-state index contributed by atoms with van der Waals surface area (Å²) in [5.41, 5.74) is 1.64. The Balaban J connectivity index is 2.47. The van der Waals surface area contributed by atoms with Gasteiger partial charge in [0.05, 0.1) is 7.11 Å². The summed E-state index contributed by atoms with van der Waals surface area (Å²) in [5, 5.41) is 10.5. The SMILES string of the molecule is COC(=O)C(O)c1cc2cccc(C)c2o1. The summed E-state index contributed by atoms with van der Waals surface area (Å²) in [5.74, 6) is -0.521. The Labute approximate surface area is 92.4 Å². The lowest BCUT2D eigenvalue weighted by Gasteiger charge is -2.03. The zero-order chi connectivity index (χ0) is 11.7. The fourth-order valence-corrected chi connectivity index (χ4v) is 1.59. The second-order valence-electron chi connectivity index (χ2n) is 3.57. The highest BCUT2D eigenvalue weighted by molar-refractivity contribution is 5.83. The molecule has 0 saturated carbocycles. The van der Waals surface area contributed by atoms with Gasteiger partial charge in [-0.2, -0.15) is 0 Å². The summed E-state index contributed by atoms with van der Waals surface area (Å²) in [6.07, 6.45) is -1.36. The quantitative estimate of drug-likeness (QED) is 0.786. The summed E-state index contributed by atoms with van der Waals surface area (Å²) in [6.45, 7) is 1.90. The second kappa shape index (κ2) is 3.98. The Morgan fingerprint density at radius 1 is 1.50 bits per heavy atom. The first-order valence-corrected chi connectivity index (χ1v) is 4.88. The van der Waals surface area contributed by atoms with Crippen LogP contribution in [0.15, 0.2) is 28.7 Å². The number of fused-ring (bicyclic) bond motifs is 1. The molecule has 0 fully saturated rings. The van der Waals surface area contributed by atoms with Crippen LogP contribution in [-0.4, -0.2) is 18.2 Å². The third kappa shape index (κ3) is 1.67. The molecule has 1 aromatic heterocycles. The standard InChI is InChI=1S/C12H12O4/c1-7-4-3-5-8-6-9(16-11(7)8)10(13)12(14)15-2/h3-6,10,13H,1-2H3. The van der Waals surface area contributed by atoms with Crippen LogP contribution in [0.5, 0.6) is 0 Å². The van der Waals surface area contributed by atoms with Crippen LogP contribution >= 0.6 is 0 Å². The first-order valence-electron chi connectivity index (χ1n) is 4.88. The largest absolute Gasteiger partial charge is 0.467 e. The molecule has 1 aromatic carbocycles. The number of methoxy groups -OCH3 is 1.